The molecular weight excluding hydrogens is 472 g/mol. The number of carboxylic acids is 1. The summed E-state index contributed by atoms with van der Waals surface area (Å²) >= 11 is 0. The lowest BCUT2D eigenvalue weighted by molar-refractivity contribution is -0.143. The summed E-state index contributed by atoms with van der Waals surface area (Å²) in [5.74, 6) is -2.10. The molecule has 3 aromatic rings. The van der Waals surface area contributed by atoms with Crippen molar-refractivity contribution >= 4 is 23.5 Å². The van der Waals surface area contributed by atoms with Crippen LogP contribution < -0.4 is 10.2 Å². The molecule has 3 aromatic carbocycles. The second-order valence-corrected chi connectivity index (χ2v) is 9.62. The number of benzene rings is 3. The molecule has 37 heavy (non-hydrogen) atoms. The van der Waals surface area contributed by atoms with Gasteiger partial charge in [0.25, 0.3) is 0 Å². The van der Waals surface area contributed by atoms with Crippen molar-refractivity contribution in [3.05, 3.63) is 96.1 Å². The van der Waals surface area contributed by atoms with Crippen molar-refractivity contribution in [3.8, 4) is 5.75 Å². The van der Waals surface area contributed by atoms with E-state index in [1.807, 2.05) is 30.3 Å². The highest BCUT2D eigenvalue weighted by molar-refractivity contribution is 6.13. The third kappa shape index (κ3) is 7.91. The number of aromatic hydroxyl groups is 1. The Morgan fingerprint density at radius 1 is 0.865 bits per heavy atom. The van der Waals surface area contributed by atoms with Gasteiger partial charge in [0.15, 0.2) is 11.8 Å². The largest absolute Gasteiger partial charge is 0.508 e. The van der Waals surface area contributed by atoms with Crippen molar-refractivity contribution in [2.45, 2.75) is 51.4 Å². The number of rotatable bonds is 10. The average Bonchev–Trinajstić information content (AvgIpc) is 2.85. The molecule has 194 valence electrons. The summed E-state index contributed by atoms with van der Waals surface area (Å²) in [6.07, 6.45) is -0.793. The number of nitrogens with zero attached hydrogens (tertiary/aromatic N) is 1. The van der Waals surface area contributed by atoms with Gasteiger partial charge in [0, 0.05) is 12.2 Å². The van der Waals surface area contributed by atoms with Crippen LogP contribution in [0.25, 0.3) is 0 Å². The maximum Gasteiger partial charge on any atom is 0.416 e. The SMILES string of the molecule is CC(C)(C)OC(=O)N(c1ccccc1)C(C(=O)O)C(=O)C(Cc1ccc(O)cc1)NCc1ccccc1. The summed E-state index contributed by atoms with van der Waals surface area (Å²) < 4.78 is 5.50. The van der Waals surface area contributed by atoms with Crippen LogP contribution >= 0.6 is 0 Å². The summed E-state index contributed by atoms with van der Waals surface area (Å²) in [6, 6.07) is 21.1. The number of para-hydroxylation sites is 1. The Hall–Kier alpha value is -4.17. The number of carbonyl (C=O) groups is 3. The predicted octanol–water partition coefficient (Wildman–Crippen LogP) is 4.56. The molecule has 0 fully saturated rings. The summed E-state index contributed by atoms with van der Waals surface area (Å²) in [5.41, 5.74) is 0.936. The Morgan fingerprint density at radius 3 is 1.97 bits per heavy atom. The first-order chi connectivity index (χ1) is 17.5. The van der Waals surface area contributed by atoms with Gasteiger partial charge < -0.3 is 20.3 Å². The molecule has 0 saturated heterocycles. The molecule has 2 unspecified atom stereocenters. The van der Waals surface area contributed by atoms with Gasteiger partial charge in [-0.15, -0.1) is 0 Å². The number of phenols is 1. The van der Waals surface area contributed by atoms with Gasteiger partial charge in [0.05, 0.1) is 6.04 Å². The monoisotopic (exact) mass is 504 g/mol. The third-order valence-electron chi connectivity index (χ3n) is 5.50. The molecule has 0 bridgehead atoms. The van der Waals surface area contributed by atoms with E-state index in [4.69, 9.17) is 4.74 Å². The van der Waals surface area contributed by atoms with E-state index in [-0.39, 0.29) is 17.9 Å². The van der Waals surface area contributed by atoms with Crippen LogP contribution in [0.3, 0.4) is 0 Å². The number of hydrogen-bond acceptors (Lipinski definition) is 6. The van der Waals surface area contributed by atoms with E-state index in [1.165, 1.54) is 12.1 Å². The number of carbonyl (C=O) groups excluding carboxylic acids is 2. The second kappa shape index (κ2) is 12.2. The van der Waals surface area contributed by atoms with E-state index in [1.54, 1.807) is 63.2 Å². The van der Waals surface area contributed by atoms with Crippen LogP contribution in [0.5, 0.6) is 5.75 Å². The van der Waals surface area contributed by atoms with E-state index in [9.17, 15) is 24.6 Å². The van der Waals surface area contributed by atoms with Gasteiger partial charge in [0.2, 0.25) is 0 Å². The second-order valence-electron chi connectivity index (χ2n) is 9.62. The zero-order valence-electron chi connectivity index (χ0n) is 21.1. The minimum Gasteiger partial charge on any atom is -0.508 e. The Balaban J connectivity index is 1.99. The van der Waals surface area contributed by atoms with Crippen molar-refractivity contribution in [2.24, 2.45) is 0 Å². The number of aliphatic carboxylic acids is 1. The molecule has 0 saturated carbocycles. The number of ketones is 1. The highest BCUT2D eigenvalue weighted by atomic mass is 16.6. The molecule has 0 aliphatic carbocycles. The van der Waals surface area contributed by atoms with Gasteiger partial charge in [-0.3, -0.25) is 9.69 Å². The van der Waals surface area contributed by atoms with Gasteiger partial charge in [-0.25, -0.2) is 9.59 Å². The number of hydrogen-bond donors (Lipinski definition) is 3. The van der Waals surface area contributed by atoms with E-state index in [0.717, 1.165) is 10.5 Å². The molecular formula is C29H32N2O6. The van der Waals surface area contributed by atoms with Crippen molar-refractivity contribution in [1.29, 1.82) is 0 Å². The Morgan fingerprint density at radius 2 is 1.43 bits per heavy atom. The first-order valence-corrected chi connectivity index (χ1v) is 11.9. The fraction of sp³-hybridized carbons (Fsp3) is 0.276. The quantitative estimate of drug-likeness (QED) is 0.347. The van der Waals surface area contributed by atoms with Crippen LogP contribution in [0.2, 0.25) is 0 Å². The Kier molecular flexibility index (Phi) is 9.03. The van der Waals surface area contributed by atoms with Crippen molar-refractivity contribution in [3.63, 3.8) is 0 Å². The molecule has 0 aliphatic heterocycles. The maximum absolute atomic E-state index is 13.9. The standard InChI is InChI=1S/C29H32N2O6/c1-29(2,3)37-28(36)31(22-12-8-5-9-13-22)25(27(34)35)26(33)24(18-20-14-16-23(32)17-15-20)30-19-21-10-6-4-7-11-21/h4-17,24-25,30,32H,18-19H2,1-3H3,(H,34,35). The number of nitrogens with one attached hydrogen (secondary N) is 1. The van der Waals surface area contributed by atoms with E-state index < -0.39 is 35.5 Å². The molecule has 3 N–H and O–H groups in total. The van der Waals surface area contributed by atoms with Crippen LogP contribution in [-0.4, -0.2) is 45.7 Å². The van der Waals surface area contributed by atoms with Gasteiger partial charge in [-0.2, -0.15) is 0 Å². The van der Waals surface area contributed by atoms with Crippen LogP contribution in [0.15, 0.2) is 84.9 Å². The number of ether oxygens (including phenoxy) is 1. The molecule has 8 heteroatoms. The lowest BCUT2D eigenvalue weighted by Crippen LogP contribution is -2.57. The predicted molar refractivity (Wildman–Crippen MR) is 140 cm³/mol. The zero-order chi connectivity index (χ0) is 27.0. The fourth-order valence-electron chi connectivity index (χ4n) is 3.79. The average molecular weight is 505 g/mol. The molecule has 0 heterocycles. The van der Waals surface area contributed by atoms with Gasteiger partial charge in [0.1, 0.15) is 11.4 Å². The van der Waals surface area contributed by atoms with Gasteiger partial charge >= 0.3 is 12.1 Å². The van der Waals surface area contributed by atoms with Crippen LogP contribution in [0, 0.1) is 0 Å². The van der Waals surface area contributed by atoms with E-state index >= 15 is 0 Å². The van der Waals surface area contributed by atoms with Crippen LogP contribution in [0.4, 0.5) is 10.5 Å². The van der Waals surface area contributed by atoms with Gasteiger partial charge in [-0.05, 0) is 62.6 Å². The van der Waals surface area contributed by atoms with Crippen molar-refractivity contribution in [1.82, 2.24) is 5.32 Å². The summed E-state index contributed by atoms with van der Waals surface area (Å²) in [4.78, 5) is 40.6. The number of carboxylic acid groups (broad SMARTS) is 1. The van der Waals surface area contributed by atoms with E-state index in [0.29, 0.717) is 12.1 Å². The zero-order valence-corrected chi connectivity index (χ0v) is 21.1. The molecule has 3 rings (SSSR count). The van der Waals surface area contributed by atoms with Crippen LogP contribution in [-0.2, 0) is 27.3 Å². The number of amides is 1. The molecule has 1 amide bonds. The first-order valence-electron chi connectivity index (χ1n) is 11.9. The normalized spacial score (nSPS) is 12.8. The third-order valence-corrected chi connectivity index (χ3v) is 5.50. The number of anilines is 1. The molecule has 2 atom stereocenters. The molecule has 0 aromatic heterocycles. The molecule has 0 radical (unpaired) electrons. The molecule has 0 spiro atoms. The summed E-state index contributed by atoms with van der Waals surface area (Å²) in [5, 5.41) is 23.0. The fourth-order valence-corrected chi connectivity index (χ4v) is 3.79. The number of Topliss-reactive ketones (excluding diaryl/α,β-unsaturated/α-hetero) is 1. The van der Waals surface area contributed by atoms with Gasteiger partial charge in [-0.1, -0.05) is 60.7 Å². The molecule has 0 aliphatic rings. The minimum absolute atomic E-state index is 0.0764. The lowest BCUT2D eigenvalue weighted by atomic mass is 9.96. The topological polar surface area (TPSA) is 116 Å². The van der Waals surface area contributed by atoms with Crippen LogP contribution in [0.1, 0.15) is 31.9 Å². The Bertz CT molecular complexity index is 1190. The summed E-state index contributed by atoms with van der Waals surface area (Å²) in [7, 11) is 0. The lowest BCUT2D eigenvalue weighted by Gasteiger charge is -2.32. The Labute approximate surface area is 216 Å². The number of phenolic OH excluding ortho intramolecular Hbond substituents is 1. The van der Waals surface area contributed by atoms with E-state index in [2.05, 4.69) is 5.32 Å². The smallest absolute Gasteiger partial charge is 0.416 e. The minimum atomic E-state index is -1.84. The highest BCUT2D eigenvalue weighted by Crippen LogP contribution is 2.23. The first kappa shape index (κ1) is 27.4. The van der Waals surface area contributed by atoms with Crippen molar-refractivity contribution in [2.75, 3.05) is 4.90 Å². The highest BCUT2D eigenvalue weighted by Gasteiger charge is 2.42. The van der Waals surface area contributed by atoms with Crippen molar-refractivity contribution < 1.29 is 29.3 Å². The maximum atomic E-state index is 13.9. The summed E-state index contributed by atoms with van der Waals surface area (Å²) in [6.45, 7) is 5.31. The molecule has 8 nitrogen and oxygen atoms in total.